The Labute approximate surface area is 204 Å². The maximum atomic E-state index is 9.76. The topological polar surface area (TPSA) is 86.2 Å². The van der Waals surface area contributed by atoms with E-state index in [1.54, 1.807) is 6.20 Å². The summed E-state index contributed by atoms with van der Waals surface area (Å²) in [5.74, 6) is 0.632. The number of pyridine rings is 1. The highest BCUT2D eigenvalue weighted by Gasteiger charge is 2.19. The van der Waals surface area contributed by atoms with Crippen molar-refractivity contribution in [2.45, 2.75) is 12.5 Å². The summed E-state index contributed by atoms with van der Waals surface area (Å²) in [6, 6.07) is 20.8. The molecule has 0 spiro atoms. The third kappa shape index (κ3) is 4.34. The van der Waals surface area contributed by atoms with Gasteiger partial charge in [0.1, 0.15) is 17.9 Å². The lowest BCUT2D eigenvalue weighted by molar-refractivity contribution is 0.122. The van der Waals surface area contributed by atoms with Gasteiger partial charge in [0.05, 0.1) is 24.5 Å². The van der Waals surface area contributed by atoms with E-state index in [9.17, 15) is 5.26 Å². The van der Waals surface area contributed by atoms with E-state index in [-0.39, 0.29) is 6.10 Å². The number of morpholine rings is 1. The minimum Gasteiger partial charge on any atom is -0.488 e. The molecule has 0 radical (unpaired) electrons. The Bertz CT molecular complexity index is 1380. The highest BCUT2D eigenvalue weighted by atomic mass is 16.5. The maximum Gasteiger partial charge on any atom is 0.137 e. The van der Waals surface area contributed by atoms with Gasteiger partial charge in [0, 0.05) is 53.7 Å². The molecule has 2 aromatic heterocycles. The van der Waals surface area contributed by atoms with Crippen molar-refractivity contribution in [3.8, 4) is 34.3 Å². The van der Waals surface area contributed by atoms with E-state index in [0.29, 0.717) is 11.3 Å². The van der Waals surface area contributed by atoms with Gasteiger partial charge in [-0.1, -0.05) is 12.1 Å². The minimum absolute atomic E-state index is 0.108. The number of anilines is 1. The lowest BCUT2D eigenvalue weighted by Gasteiger charge is -2.28. The summed E-state index contributed by atoms with van der Waals surface area (Å²) in [5.41, 5.74) is 6.67. The number of benzene rings is 2. The van der Waals surface area contributed by atoms with Crippen molar-refractivity contribution < 1.29 is 9.47 Å². The predicted octanol–water partition coefficient (Wildman–Crippen LogP) is 4.35. The summed E-state index contributed by atoms with van der Waals surface area (Å²) in [6.07, 6.45) is 2.86. The zero-order valence-electron chi connectivity index (χ0n) is 19.5. The average Bonchev–Trinajstić information content (AvgIpc) is 3.59. The number of nitrogens with zero attached hydrogens (tertiary/aromatic N) is 3. The van der Waals surface area contributed by atoms with Gasteiger partial charge in [0.15, 0.2) is 0 Å². The van der Waals surface area contributed by atoms with Gasteiger partial charge in [-0.25, -0.2) is 0 Å². The lowest BCUT2D eigenvalue weighted by Crippen LogP contribution is -2.36. The molecule has 1 atom stereocenters. The zero-order chi connectivity index (χ0) is 23.6. The summed E-state index contributed by atoms with van der Waals surface area (Å²) in [5, 5.41) is 14.1. The van der Waals surface area contributed by atoms with Gasteiger partial charge in [-0.2, -0.15) is 5.26 Å². The van der Waals surface area contributed by atoms with Gasteiger partial charge in [0.2, 0.25) is 0 Å². The number of nitrogens with one attached hydrogen (secondary N) is 2. The third-order valence-electron chi connectivity index (χ3n) is 6.78. The van der Waals surface area contributed by atoms with Crippen LogP contribution < -0.4 is 15.0 Å². The van der Waals surface area contributed by atoms with Gasteiger partial charge >= 0.3 is 0 Å². The first-order chi connectivity index (χ1) is 17.3. The second kappa shape index (κ2) is 9.41. The lowest BCUT2D eigenvalue weighted by atomic mass is 10.0. The fraction of sp³-hybridized carbons (Fsp3) is 0.286. The molecule has 2 saturated heterocycles. The first kappa shape index (κ1) is 21.7. The van der Waals surface area contributed by atoms with Crippen molar-refractivity contribution in [2.24, 2.45) is 0 Å². The Hall–Kier alpha value is -3.86. The van der Waals surface area contributed by atoms with Crippen LogP contribution in [0.1, 0.15) is 12.0 Å². The van der Waals surface area contributed by atoms with Crippen molar-refractivity contribution >= 4 is 16.6 Å². The number of hydrogen-bond acceptors (Lipinski definition) is 6. The molecule has 0 aliphatic carbocycles. The van der Waals surface area contributed by atoms with Crippen LogP contribution in [0.5, 0.6) is 5.75 Å². The summed E-state index contributed by atoms with van der Waals surface area (Å²) >= 11 is 0. The minimum atomic E-state index is 0.108. The molecule has 2 aliphatic heterocycles. The van der Waals surface area contributed by atoms with Crippen LogP contribution in [0.4, 0.5) is 5.69 Å². The van der Waals surface area contributed by atoms with Crippen molar-refractivity contribution in [2.75, 3.05) is 44.3 Å². The molecule has 0 saturated carbocycles. The number of rotatable bonds is 5. The van der Waals surface area contributed by atoms with Crippen LogP contribution in [0, 0.1) is 11.3 Å². The highest BCUT2D eigenvalue weighted by Crippen LogP contribution is 2.34. The van der Waals surface area contributed by atoms with Crippen LogP contribution >= 0.6 is 0 Å². The van der Waals surface area contributed by atoms with E-state index >= 15 is 0 Å². The Morgan fingerprint density at radius 2 is 1.86 bits per heavy atom. The molecule has 35 heavy (non-hydrogen) atoms. The molecule has 2 aliphatic rings. The van der Waals surface area contributed by atoms with Crippen molar-refractivity contribution in [1.29, 1.82) is 5.26 Å². The second-order valence-corrected chi connectivity index (χ2v) is 9.01. The van der Waals surface area contributed by atoms with E-state index in [2.05, 4.69) is 56.6 Å². The number of aromatic amines is 1. The number of aromatic nitrogens is 2. The number of ether oxygens (including phenoxy) is 2. The highest BCUT2D eigenvalue weighted by molar-refractivity contribution is 5.96. The zero-order valence-corrected chi connectivity index (χ0v) is 19.5. The van der Waals surface area contributed by atoms with Gasteiger partial charge in [0.25, 0.3) is 0 Å². The molecule has 4 aromatic rings. The number of fused-ring (bicyclic) bond motifs is 1. The Balaban J connectivity index is 1.30. The van der Waals surface area contributed by atoms with Crippen molar-refractivity contribution in [3.63, 3.8) is 0 Å². The van der Waals surface area contributed by atoms with Crippen LogP contribution in [0.15, 0.2) is 60.8 Å². The summed E-state index contributed by atoms with van der Waals surface area (Å²) < 4.78 is 11.5. The fourth-order valence-corrected chi connectivity index (χ4v) is 4.89. The number of hydrogen-bond donors (Lipinski definition) is 2. The van der Waals surface area contributed by atoms with Crippen LogP contribution in [-0.4, -0.2) is 55.5 Å². The SMILES string of the molecule is N#Cc1cc(-c2nccc3[nH]c(-c4ccc(N5CCOCC5)cc4)cc23)ccc1O[C@@H]1CCNC1. The Morgan fingerprint density at radius 3 is 2.63 bits per heavy atom. The predicted molar refractivity (Wildman–Crippen MR) is 137 cm³/mol. The van der Waals surface area contributed by atoms with Gasteiger partial charge < -0.3 is 24.7 Å². The quantitative estimate of drug-likeness (QED) is 0.456. The molecule has 176 valence electrons. The van der Waals surface area contributed by atoms with Gasteiger partial charge in [-0.05, 0) is 61.0 Å². The molecule has 2 aromatic carbocycles. The van der Waals surface area contributed by atoms with Crippen molar-refractivity contribution in [1.82, 2.24) is 15.3 Å². The van der Waals surface area contributed by atoms with Crippen LogP contribution in [-0.2, 0) is 4.74 Å². The molecule has 0 amide bonds. The molecule has 7 nitrogen and oxygen atoms in total. The van der Waals surface area contributed by atoms with Gasteiger partial charge in [-0.15, -0.1) is 0 Å². The van der Waals surface area contributed by atoms with E-state index < -0.39 is 0 Å². The molecular formula is C28H27N5O2. The molecule has 0 unspecified atom stereocenters. The van der Waals surface area contributed by atoms with Crippen LogP contribution in [0.25, 0.3) is 33.4 Å². The Kier molecular flexibility index (Phi) is 5.83. The summed E-state index contributed by atoms with van der Waals surface area (Å²) in [4.78, 5) is 10.6. The Morgan fingerprint density at radius 1 is 1.03 bits per heavy atom. The molecule has 7 heteroatoms. The van der Waals surface area contributed by atoms with Crippen molar-refractivity contribution in [3.05, 3.63) is 66.4 Å². The third-order valence-corrected chi connectivity index (χ3v) is 6.78. The number of H-pyrrole nitrogens is 1. The van der Waals surface area contributed by atoms with E-state index in [1.807, 2.05) is 24.3 Å². The maximum absolute atomic E-state index is 9.76. The van der Waals surface area contributed by atoms with Gasteiger partial charge in [-0.3, -0.25) is 4.98 Å². The smallest absolute Gasteiger partial charge is 0.137 e. The first-order valence-electron chi connectivity index (χ1n) is 12.1. The standard InChI is InChI=1S/C28H27N5O2/c29-17-21-15-20(3-6-27(21)35-23-7-9-30-18-23)28-24-16-26(32-25(24)8-10-31-28)19-1-4-22(5-2-19)33-11-13-34-14-12-33/h1-6,8,10,15-16,23,30,32H,7,9,11-14,18H2/t23-/m1/s1. The number of nitriles is 1. The van der Waals surface area contributed by atoms with Crippen LogP contribution in [0.3, 0.4) is 0 Å². The average molecular weight is 466 g/mol. The molecule has 4 heterocycles. The van der Waals surface area contributed by atoms with Crippen LogP contribution in [0.2, 0.25) is 0 Å². The largest absolute Gasteiger partial charge is 0.488 e. The normalized spacial score (nSPS) is 18.0. The first-order valence-corrected chi connectivity index (χ1v) is 12.1. The summed E-state index contributed by atoms with van der Waals surface area (Å²) in [7, 11) is 0. The van der Waals surface area contributed by atoms with E-state index in [1.165, 1.54) is 5.69 Å². The monoisotopic (exact) mass is 465 g/mol. The fourth-order valence-electron chi connectivity index (χ4n) is 4.89. The van der Waals surface area contributed by atoms with E-state index in [4.69, 9.17) is 9.47 Å². The molecule has 0 bridgehead atoms. The summed E-state index contributed by atoms with van der Waals surface area (Å²) in [6.45, 7) is 5.16. The second-order valence-electron chi connectivity index (χ2n) is 9.01. The van der Waals surface area contributed by atoms with E-state index in [0.717, 1.165) is 79.2 Å². The molecule has 2 N–H and O–H groups in total. The molecule has 6 rings (SSSR count). The molecular weight excluding hydrogens is 438 g/mol. The molecule has 2 fully saturated rings.